The van der Waals surface area contributed by atoms with Crippen molar-refractivity contribution in [3.63, 3.8) is 0 Å². The van der Waals surface area contributed by atoms with E-state index in [1.54, 1.807) is 37.2 Å². The Bertz CT molecular complexity index is 1240. The fourth-order valence-electron chi connectivity index (χ4n) is 4.57. The second kappa shape index (κ2) is 12.0. The van der Waals surface area contributed by atoms with Gasteiger partial charge < -0.3 is 23.8 Å². The van der Waals surface area contributed by atoms with Gasteiger partial charge in [-0.3, -0.25) is 14.7 Å². The molecule has 0 saturated carbocycles. The van der Waals surface area contributed by atoms with Crippen LogP contribution in [0.25, 0.3) is 10.9 Å². The van der Waals surface area contributed by atoms with Crippen LogP contribution in [0, 0.1) is 0 Å². The van der Waals surface area contributed by atoms with Crippen LogP contribution in [-0.2, 0) is 17.9 Å². The van der Waals surface area contributed by atoms with Gasteiger partial charge in [-0.15, -0.1) is 0 Å². The van der Waals surface area contributed by atoms with Crippen molar-refractivity contribution in [2.45, 2.75) is 45.7 Å². The summed E-state index contributed by atoms with van der Waals surface area (Å²) in [4.78, 5) is 35.4. The third-order valence-corrected chi connectivity index (χ3v) is 6.72. The second-order valence-electron chi connectivity index (χ2n) is 9.56. The van der Waals surface area contributed by atoms with Crippen molar-refractivity contribution in [1.29, 1.82) is 0 Å². The molecule has 1 aliphatic rings. The Balaban J connectivity index is 1.51. The number of pyridine rings is 1. The summed E-state index contributed by atoms with van der Waals surface area (Å²) in [5.74, 6) is 1.33. The highest BCUT2D eigenvalue weighted by molar-refractivity contribution is 5.93. The van der Waals surface area contributed by atoms with Gasteiger partial charge in [0.1, 0.15) is 6.54 Å². The molecule has 0 atom stereocenters. The number of urea groups is 1. The summed E-state index contributed by atoms with van der Waals surface area (Å²) in [5, 5.41) is 0.999. The topological polar surface area (TPSA) is 80.1 Å². The van der Waals surface area contributed by atoms with E-state index in [9.17, 15) is 9.59 Å². The van der Waals surface area contributed by atoms with Crippen LogP contribution in [-0.4, -0.2) is 72.2 Å². The first kappa shape index (κ1) is 26.3. The van der Waals surface area contributed by atoms with E-state index in [-0.39, 0.29) is 18.5 Å². The number of ether oxygens (including phenoxy) is 2. The van der Waals surface area contributed by atoms with Crippen LogP contribution < -0.4 is 14.4 Å². The van der Waals surface area contributed by atoms with Crippen LogP contribution in [0.15, 0.2) is 42.9 Å². The highest BCUT2D eigenvalue weighted by Gasteiger charge is 2.28. The number of hydrogen-bond acceptors (Lipinski definition) is 5. The molecule has 4 rings (SSSR count). The summed E-state index contributed by atoms with van der Waals surface area (Å²) in [6.07, 6.45) is 9.55. The van der Waals surface area contributed by atoms with Gasteiger partial charge in [-0.2, -0.15) is 0 Å². The summed E-state index contributed by atoms with van der Waals surface area (Å²) >= 11 is 0. The molecule has 1 aromatic carbocycles. The van der Waals surface area contributed by atoms with Gasteiger partial charge in [-0.1, -0.05) is 19.8 Å². The molecular formula is C28H37N5O4. The van der Waals surface area contributed by atoms with Crippen molar-refractivity contribution in [1.82, 2.24) is 19.4 Å². The first-order valence-corrected chi connectivity index (χ1v) is 12.9. The third kappa shape index (κ3) is 5.98. The smallest absolute Gasteiger partial charge is 0.324 e. The maximum atomic E-state index is 13.6. The summed E-state index contributed by atoms with van der Waals surface area (Å²) < 4.78 is 13.4. The van der Waals surface area contributed by atoms with Gasteiger partial charge in [0.25, 0.3) is 0 Å². The zero-order valence-corrected chi connectivity index (χ0v) is 22.3. The van der Waals surface area contributed by atoms with Gasteiger partial charge in [0.15, 0.2) is 11.5 Å². The average Bonchev–Trinajstić information content (AvgIpc) is 3.31. The van der Waals surface area contributed by atoms with E-state index < -0.39 is 0 Å². The van der Waals surface area contributed by atoms with Gasteiger partial charge in [0, 0.05) is 63.3 Å². The molecular weight excluding hydrogens is 470 g/mol. The fraction of sp³-hybridized carbons (Fsp3) is 0.464. The molecule has 3 amide bonds. The Hall–Kier alpha value is -3.75. The lowest BCUT2D eigenvalue weighted by molar-refractivity contribution is -0.129. The van der Waals surface area contributed by atoms with Crippen molar-refractivity contribution < 1.29 is 19.1 Å². The molecule has 0 bridgehead atoms. The number of anilines is 1. The molecule has 3 aromatic rings. The highest BCUT2D eigenvalue weighted by Crippen LogP contribution is 2.33. The number of nitrogens with zero attached hydrogens (tertiary/aromatic N) is 5. The predicted octanol–water partition coefficient (Wildman–Crippen LogP) is 4.53. The molecule has 1 saturated heterocycles. The largest absolute Gasteiger partial charge is 0.493 e. The molecule has 1 fully saturated rings. The minimum absolute atomic E-state index is 0.0120. The first-order valence-electron chi connectivity index (χ1n) is 12.9. The van der Waals surface area contributed by atoms with Crippen molar-refractivity contribution in [3.8, 4) is 11.5 Å². The Morgan fingerprint density at radius 3 is 2.70 bits per heavy atom. The average molecular weight is 508 g/mol. The lowest BCUT2D eigenvalue weighted by Crippen LogP contribution is -2.49. The van der Waals surface area contributed by atoms with Crippen LogP contribution in [0.3, 0.4) is 0 Å². The number of benzene rings is 1. The van der Waals surface area contributed by atoms with Gasteiger partial charge >= 0.3 is 6.03 Å². The van der Waals surface area contributed by atoms with E-state index in [4.69, 9.17) is 9.47 Å². The van der Waals surface area contributed by atoms with E-state index >= 15 is 0 Å². The minimum Gasteiger partial charge on any atom is -0.493 e. The molecule has 3 heterocycles. The predicted molar refractivity (Wildman–Crippen MR) is 144 cm³/mol. The third-order valence-electron chi connectivity index (χ3n) is 6.72. The summed E-state index contributed by atoms with van der Waals surface area (Å²) in [7, 11) is 5.12. The zero-order valence-electron chi connectivity index (χ0n) is 22.3. The Morgan fingerprint density at radius 1 is 1.11 bits per heavy atom. The Morgan fingerprint density at radius 2 is 1.95 bits per heavy atom. The monoisotopic (exact) mass is 507 g/mol. The van der Waals surface area contributed by atoms with E-state index in [1.165, 1.54) is 0 Å². The van der Waals surface area contributed by atoms with Gasteiger partial charge in [0.2, 0.25) is 5.91 Å². The lowest BCUT2D eigenvalue weighted by Gasteiger charge is -2.36. The van der Waals surface area contributed by atoms with Crippen molar-refractivity contribution >= 4 is 28.5 Å². The van der Waals surface area contributed by atoms with Crippen molar-refractivity contribution in [2.24, 2.45) is 0 Å². The van der Waals surface area contributed by atoms with Crippen LogP contribution in [0.4, 0.5) is 10.5 Å². The van der Waals surface area contributed by atoms with Gasteiger partial charge in [-0.25, -0.2) is 4.79 Å². The molecule has 0 aliphatic carbocycles. The molecule has 37 heavy (non-hydrogen) atoms. The number of unbranched alkanes of at least 4 members (excludes halogenated alkanes) is 2. The second-order valence-corrected chi connectivity index (χ2v) is 9.56. The van der Waals surface area contributed by atoms with Crippen LogP contribution in [0.2, 0.25) is 0 Å². The van der Waals surface area contributed by atoms with Crippen LogP contribution >= 0.6 is 0 Å². The normalized spacial score (nSPS) is 13.8. The summed E-state index contributed by atoms with van der Waals surface area (Å²) in [5.41, 5.74) is 2.64. The maximum absolute atomic E-state index is 13.6. The fourth-order valence-corrected chi connectivity index (χ4v) is 4.57. The number of carbonyl (C=O) groups excluding carboxylic acids is 2. The van der Waals surface area contributed by atoms with E-state index in [2.05, 4.69) is 11.9 Å². The molecule has 198 valence electrons. The van der Waals surface area contributed by atoms with E-state index in [1.807, 2.05) is 46.1 Å². The molecule has 9 nitrogen and oxygen atoms in total. The Labute approximate surface area is 218 Å². The number of amides is 3. The number of aromatic nitrogens is 2. The molecule has 0 spiro atoms. The molecule has 0 radical (unpaired) electrons. The summed E-state index contributed by atoms with van der Waals surface area (Å²) in [6, 6.07) is 7.61. The summed E-state index contributed by atoms with van der Waals surface area (Å²) in [6.45, 7) is 4.78. The minimum atomic E-state index is -0.0485. The quantitative estimate of drug-likeness (QED) is 0.356. The maximum Gasteiger partial charge on any atom is 0.324 e. The lowest BCUT2D eigenvalue weighted by atomic mass is 10.1. The van der Waals surface area contributed by atoms with E-state index in [0.29, 0.717) is 37.7 Å². The van der Waals surface area contributed by atoms with Gasteiger partial charge in [0.05, 0.1) is 25.4 Å². The van der Waals surface area contributed by atoms with Crippen molar-refractivity contribution in [3.05, 3.63) is 48.4 Å². The number of methoxy groups -OCH3 is 1. The number of fused-ring (bicyclic) bond motifs is 1. The molecule has 2 aromatic heterocycles. The van der Waals surface area contributed by atoms with Gasteiger partial charge in [-0.05, 0) is 36.6 Å². The van der Waals surface area contributed by atoms with Crippen molar-refractivity contribution in [2.75, 3.05) is 45.8 Å². The SMILES string of the molecule is CCCCCOc1cc(N2CCCN(Cc3cncc4c3ccn4CC(=O)N(C)C)C2=O)ccc1OC. The molecule has 9 heteroatoms. The zero-order chi connectivity index (χ0) is 26.4. The van der Waals surface area contributed by atoms with Crippen LogP contribution in [0.1, 0.15) is 38.2 Å². The molecule has 1 aliphatic heterocycles. The number of likely N-dealkylation sites (N-methyl/N-ethyl adjacent to an activating group) is 1. The Kier molecular flexibility index (Phi) is 8.53. The molecule has 0 N–H and O–H groups in total. The first-order chi connectivity index (χ1) is 17.9. The highest BCUT2D eigenvalue weighted by atomic mass is 16.5. The molecule has 0 unspecified atom stereocenters. The van der Waals surface area contributed by atoms with Crippen LogP contribution in [0.5, 0.6) is 11.5 Å². The number of rotatable bonds is 11. The number of carbonyl (C=O) groups is 2. The standard InChI is InChI=1S/C28H37N5O4/c1-5-6-7-15-37-26-16-22(9-10-25(26)36-4)33-13-8-12-32(28(33)35)19-21-17-29-18-24-23(21)11-14-31(24)20-27(34)30(2)3/h9-11,14,16-18H,5-8,12-13,15,19-20H2,1-4H3. The number of hydrogen-bond donors (Lipinski definition) is 0. The van der Waals surface area contributed by atoms with E-state index in [0.717, 1.165) is 47.8 Å².